The number of rotatable bonds is 6. The molecule has 1 unspecified atom stereocenters. The van der Waals surface area contributed by atoms with Crippen LogP contribution in [0.2, 0.25) is 0 Å². The lowest BCUT2D eigenvalue weighted by molar-refractivity contribution is 0.0805. The average Bonchev–Trinajstić information content (AvgIpc) is 3.69. The van der Waals surface area contributed by atoms with Gasteiger partial charge in [0.25, 0.3) is 0 Å². The molecule has 0 amide bonds. The summed E-state index contributed by atoms with van der Waals surface area (Å²) in [4.78, 5) is 5.27. The molecule has 3 heterocycles. The molecule has 2 aromatic heterocycles. The van der Waals surface area contributed by atoms with E-state index in [-0.39, 0.29) is 11.9 Å². The molecular weight excluding hydrogens is 439 g/mol. The largest absolute Gasteiger partial charge is 0.463 e. The predicted molar refractivity (Wildman–Crippen MR) is 135 cm³/mol. The van der Waals surface area contributed by atoms with Crippen molar-refractivity contribution in [3.63, 3.8) is 0 Å². The maximum Gasteiger partial charge on any atom is 0.151 e. The van der Waals surface area contributed by atoms with Gasteiger partial charge >= 0.3 is 0 Å². The highest BCUT2D eigenvalue weighted by atomic mass is 19.1. The van der Waals surface area contributed by atoms with E-state index in [1.807, 2.05) is 30.5 Å². The molecule has 1 atom stereocenters. The van der Waals surface area contributed by atoms with Crippen LogP contribution in [0.1, 0.15) is 42.9 Å². The summed E-state index contributed by atoms with van der Waals surface area (Å²) < 4.78 is 19.1. The number of piperazine rings is 1. The second-order valence-corrected chi connectivity index (χ2v) is 9.72. The fourth-order valence-corrected chi connectivity index (χ4v) is 5.84. The molecule has 4 aromatic rings. The Morgan fingerprint density at radius 3 is 2.23 bits per heavy atom. The van der Waals surface area contributed by atoms with Crippen LogP contribution in [-0.4, -0.2) is 52.2 Å². The van der Waals surface area contributed by atoms with E-state index in [1.54, 1.807) is 6.26 Å². The Morgan fingerprint density at radius 1 is 0.886 bits per heavy atom. The Morgan fingerprint density at radius 2 is 1.57 bits per heavy atom. The van der Waals surface area contributed by atoms with Gasteiger partial charge in [0.1, 0.15) is 11.5 Å². The summed E-state index contributed by atoms with van der Waals surface area (Å²) in [6, 6.07) is 20.1. The van der Waals surface area contributed by atoms with Gasteiger partial charge in [-0.2, -0.15) is 5.10 Å². The van der Waals surface area contributed by atoms with Gasteiger partial charge in [0.15, 0.2) is 5.76 Å². The van der Waals surface area contributed by atoms with E-state index in [0.29, 0.717) is 0 Å². The maximum atomic E-state index is 13.4. The van der Waals surface area contributed by atoms with Gasteiger partial charge in [0, 0.05) is 37.8 Å². The molecule has 180 valence electrons. The highest BCUT2D eigenvalue weighted by molar-refractivity contribution is 5.64. The molecule has 2 aromatic carbocycles. The van der Waals surface area contributed by atoms with Crippen molar-refractivity contribution in [2.45, 2.75) is 37.8 Å². The summed E-state index contributed by atoms with van der Waals surface area (Å²) in [7, 11) is 0. The summed E-state index contributed by atoms with van der Waals surface area (Å²) in [5.74, 6) is 0.586. The van der Waals surface area contributed by atoms with Crippen molar-refractivity contribution in [1.82, 2.24) is 20.0 Å². The zero-order valence-corrected chi connectivity index (χ0v) is 19.9. The molecule has 2 aliphatic rings. The third-order valence-electron chi connectivity index (χ3n) is 7.69. The average molecular weight is 471 g/mol. The van der Waals surface area contributed by atoms with Crippen LogP contribution in [0.4, 0.5) is 4.39 Å². The molecule has 6 rings (SSSR count). The summed E-state index contributed by atoms with van der Waals surface area (Å²) in [6.45, 7) is 4.23. The Labute approximate surface area is 205 Å². The smallest absolute Gasteiger partial charge is 0.151 e. The topological polar surface area (TPSA) is 48.3 Å². The fourth-order valence-electron chi connectivity index (χ4n) is 5.84. The van der Waals surface area contributed by atoms with Gasteiger partial charge in [-0.15, -0.1) is 0 Å². The molecule has 5 nitrogen and oxygen atoms in total. The van der Waals surface area contributed by atoms with E-state index in [1.165, 1.54) is 43.4 Å². The Bertz CT molecular complexity index is 1220. The first-order chi connectivity index (χ1) is 17.3. The van der Waals surface area contributed by atoms with E-state index in [2.05, 4.69) is 44.3 Å². The van der Waals surface area contributed by atoms with Gasteiger partial charge in [-0.25, -0.2) is 4.39 Å². The van der Waals surface area contributed by atoms with Crippen molar-refractivity contribution in [1.29, 1.82) is 0 Å². The molecule has 2 fully saturated rings. The van der Waals surface area contributed by atoms with Crippen LogP contribution in [-0.2, 0) is 0 Å². The monoisotopic (exact) mass is 470 g/mol. The molecule has 1 aliphatic carbocycles. The molecule has 1 N–H and O–H groups in total. The van der Waals surface area contributed by atoms with Crippen LogP contribution in [0.5, 0.6) is 0 Å². The molecule has 0 bridgehead atoms. The van der Waals surface area contributed by atoms with Crippen molar-refractivity contribution in [2.24, 2.45) is 0 Å². The summed E-state index contributed by atoms with van der Waals surface area (Å²) in [6.07, 6.45) is 9.08. The second-order valence-electron chi connectivity index (χ2n) is 9.72. The van der Waals surface area contributed by atoms with E-state index in [4.69, 9.17) is 4.42 Å². The molecule has 6 heteroatoms. The number of hydrogen-bond donors (Lipinski definition) is 1. The highest BCUT2D eigenvalue weighted by Crippen LogP contribution is 2.37. The van der Waals surface area contributed by atoms with Gasteiger partial charge in [-0.05, 0) is 53.8 Å². The third kappa shape index (κ3) is 4.56. The zero-order valence-electron chi connectivity index (χ0n) is 19.9. The first kappa shape index (κ1) is 22.3. The van der Waals surface area contributed by atoms with Crippen LogP contribution in [0, 0.1) is 5.82 Å². The van der Waals surface area contributed by atoms with Crippen molar-refractivity contribution < 1.29 is 8.81 Å². The molecular formula is C29H31FN4O. The standard InChI is InChI=1S/C29H31FN4O/c30-24-13-11-22(12-14-24)21-7-9-23(10-8-21)29(26-20-31-32-28(26)27-6-3-19-35-27)34-17-15-33(16-18-34)25-4-1-2-5-25/h3,6-14,19-20,25,29H,1-2,4-5,15-18H2,(H,31,32). The third-order valence-corrected chi connectivity index (χ3v) is 7.69. The zero-order chi connectivity index (χ0) is 23.6. The molecule has 35 heavy (non-hydrogen) atoms. The van der Waals surface area contributed by atoms with E-state index in [9.17, 15) is 4.39 Å². The number of benzene rings is 2. The van der Waals surface area contributed by atoms with Gasteiger partial charge in [-0.3, -0.25) is 14.9 Å². The minimum absolute atomic E-state index is 0.0712. The van der Waals surface area contributed by atoms with Crippen molar-refractivity contribution >= 4 is 0 Å². The predicted octanol–water partition coefficient (Wildman–Crippen LogP) is 6.13. The van der Waals surface area contributed by atoms with Gasteiger partial charge in [-0.1, -0.05) is 49.2 Å². The molecule has 0 spiro atoms. The number of nitrogens with zero attached hydrogens (tertiary/aromatic N) is 3. The first-order valence-corrected chi connectivity index (χ1v) is 12.7. The minimum Gasteiger partial charge on any atom is -0.463 e. The van der Waals surface area contributed by atoms with Crippen LogP contribution in [0.15, 0.2) is 77.5 Å². The highest BCUT2D eigenvalue weighted by Gasteiger charge is 2.32. The van der Waals surface area contributed by atoms with E-state index in [0.717, 1.165) is 60.4 Å². The number of hydrogen-bond acceptors (Lipinski definition) is 4. The number of halogens is 1. The van der Waals surface area contributed by atoms with Crippen molar-refractivity contribution in [3.8, 4) is 22.6 Å². The quantitative estimate of drug-likeness (QED) is 0.369. The maximum absolute atomic E-state index is 13.4. The van der Waals surface area contributed by atoms with Crippen molar-refractivity contribution in [2.75, 3.05) is 26.2 Å². The lowest BCUT2D eigenvalue weighted by atomic mass is 9.94. The second kappa shape index (κ2) is 9.80. The normalized spacial score (nSPS) is 18.8. The van der Waals surface area contributed by atoms with E-state index < -0.39 is 0 Å². The Kier molecular flexibility index (Phi) is 6.23. The lowest BCUT2D eigenvalue weighted by Crippen LogP contribution is -2.50. The lowest BCUT2D eigenvalue weighted by Gasteiger charge is -2.41. The van der Waals surface area contributed by atoms with Gasteiger partial charge in [0.2, 0.25) is 0 Å². The summed E-state index contributed by atoms with van der Waals surface area (Å²) >= 11 is 0. The van der Waals surface area contributed by atoms with E-state index >= 15 is 0 Å². The minimum atomic E-state index is -0.215. The van der Waals surface area contributed by atoms with Crippen LogP contribution < -0.4 is 0 Å². The number of aromatic nitrogens is 2. The molecule has 1 saturated heterocycles. The Balaban J connectivity index is 1.31. The number of aromatic amines is 1. The SMILES string of the molecule is Fc1ccc(-c2ccc(C(c3cn[nH]c3-c3ccco3)N3CCN(C4CCCC4)CC3)cc2)cc1. The molecule has 0 radical (unpaired) electrons. The fraction of sp³-hybridized carbons (Fsp3) is 0.345. The number of furan rings is 1. The van der Waals surface area contributed by atoms with Crippen LogP contribution >= 0.6 is 0 Å². The number of nitrogens with one attached hydrogen (secondary N) is 1. The van der Waals surface area contributed by atoms with Crippen molar-refractivity contribution in [3.05, 3.63) is 90.1 Å². The summed E-state index contributed by atoms with van der Waals surface area (Å²) in [5, 5.41) is 7.59. The van der Waals surface area contributed by atoms with Gasteiger partial charge < -0.3 is 4.42 Å². The van der Waals surface area contributed by atoms with Gasteiger partial charge in [0.05, 0.1) is 18.5 Å². The van der Waals surface area contributed by atoms with Crippen LogP contribution in [0.25, 0.3) is 22.6 Å². The van der Waals surface area contributed by atoms with Crippen LogP contribution in [0.3, 0.4) is 0 Å². The molecule has 1 saturated carbocycles. The molecule has 1 aliphatic heterocycles. The Hall–Kier alpha value is -3.22. The first-order valence-electron chi connectivity index (χ1n) is 12.7. The summed E-state index contributed by atoms with van der Waals surface area (Å²) in [5.41, 5.74) is 5.38. The number of H-pyrrole nitrogens is 1.